The Bertz CT molecular complexity index is 1140. The van der Waals surface area contributed by atoms with Crippen LogP contribution in [0.5, 0.6) is 0 Å². The van der Waals surface area contributed by atoms with E-state index in [2.05, 4.69) is 11.6 Å². The molecule has 5 rings (SSSR count). The number of pyridine rings is 1. The van der Waals surface area contributed by atoms with Gasteiger partial charge in [-0.2, -0.15) is 0 Å². The Morgan fingerprint density at radius 1 is 1.15 bits per heavy atom. The Balaban J connectivity index is 1.29. The number of rotatable bonds is 4. The molecule has 6 nitrogen and oxygen atoms in total. The number of hydrogen-bond acceptors (Lipinski definition) is 4. The molecule has 1 aromatic carbocycles. The topological polar surface area (TPSA) is 62.7 Å². The molecule has 3 saturated heterocycles. The van der Waals surface area contributed by atoms with E-state index in [0.29, 0.717) is 55.7 Å². The fraction of sp³-hybridized carbons (Fsp3) is 0.423. The summed E-state index contributed by atoms with van der Waals surface area (Å²) in [6.45, 7) is 6.71. The Kier molecular flexibility index (Phi) is 5.72. The second kappa shape index (κ2) is 8.58. The second-order valence-corrected chi connectivity index (χ2v) is 9.23. The lowest BCUT2D eigenvalue weighted by Gasteiger charge is -2.37. The maximum absolute atomic E-state index is 13.8. The first kappa shape index (κ1) is 22.7. The van der Waals surface area contributed by atoms with Crippen LogP contribution in [-0.4, -0.2) is 51.5 Å². The zero-order chi connectivity index (χ0) is 24.0. The summed E-state index contributed by atoms with van der Waals surface area (Å²) in [6, 6.07) is 8.31. The van der Waals surface area contributed by atoms with Gasteiger partial charge in [-0.3, -0.25) is 9.59 Å². The van der Waals surface area contributed by atoms with Crippen molar-refractivity contribution in [2.24, 2.45) is 0 Å². The van der Waals surface area contributed by atoms with Crippen molar-refractivity contribution in [2.45, 2.75) is 56.9 Å². The van der Waals surface area contributed by atoms with Crippen LogP contribution in [0.3, 0.4) is 0 Å². The van der Waals surface area contributed by atoms with Gasteiger partial charge in [0.2, 0.25) is 0 Å². The number of halogens is 2. The molecule has 2 aromatic rings. The molecule has 0 aliphatic carbocycles. The summed E-state index contributed by atoms with van der Waals surface area (Å²) in [6.07, 6.45) is 2.27. The van der Waals surface area contributed by atoms with E-state index in [1.165, 1.54) is 12.1 Å². The van der Waals surface area contributed by atoms with Crippen molar-refractivity contribution in [3.63, 3.8) is 0 Å². The molecule has 34 heavy (non-hydrogen) atoms. The normalized spacial score (nSPS) is 23.4. The predicted octanol–water partition coefficient (Wildman–Crippen LogP) is 4.48. The third-order valence-corrected chi connectivity index (χ3v) is 7.20. The summed E-state index contributed by atoms with van der Waals surface area (Å²) in [5, 5.41) is 0. The molecule has 0 unspecified atom stereocenters. The van der Waals surface area contributed by atoms with Crippen LogP contribution in [0.2, 0.25) is 0 Å². The van der Waals surface area contributed by atoms with Crippen LogP contribution in [0.15, 0.2) is 43.0 Å². The molecule has 1 spiro atoms. The minimum atomic E-state index is -1.00. The summed E-state index contributed by atoms with van der Waals surface area (Å²) < 4.78 is 33.9. The fourth-order valence-electron chi connectivity index (χ4n) is 5.30. The van der Waals surface area contributed by atoms with Gasteiger partial charge in [0.25, 0.3) is 11.8 Å². The first-order valence-electron chi connectivity index (χ1n) is 11.7. The number of nitrogens with zero attached hydrogens (tertiary/aromatic N) is 3. The van der Waals surface area contributed by atoms with Crippen molar-refractivity contribution in [3.05, 3.63) is 71.6 Å². The SMILES string of the molecule is C=C(CC)c1cccc(C(=O)N2CCC3(CC2)O[C@@H]2CC[C@@H](c4cc(F)cc(F)c4)N2C3=O)n1. The average Bonchev–Trinajstić information content (AvgIpc) is 3.36. The first-order valence-corrected chi connectivity index (χ1v) is 11.7. The molecule has 0 N–H and O–H groups in total. The van der Waals surface area contributed by atoms with Gasteiger partial charge in [-0.05, 0) is 54.7 Å². The van der Waals surface area contributed by atoms with E-state index < -0.39 is 29.5 Å². The van der Waals surface area contributed by atoms with Crippen LogP contribution in [0, 0.1) is 11.6 Å². The van der Waals surface area contributed by atoms with E-state index >= 15 is 0 Å². The molecule has 2 atom stereocenters. The van der Waals surface area contributed by atoms with Crippen LogP contribution in [0.1, 0.15) is 66.8 Å². The largest absolute Gasteiger partial charge is 0.342 e. The third kappa shape index (κ3) is 3.79. The zero-order valence-corrected chi connectivity index (χ0v) is 19.1. The van der Waals surface area contributed by atoms with Gasteiger partial charge in [0.1, 0.15) is 23.6 Å². The minimum absolute atomic E-state index is 0.156. The standard InChI is InChI=1S/C26H27F2N3O3/c1-3-16(2)20-5-4-6-21(29-20)24(32)30-11-9-26(10-12-30)25(33)31-22(7-8-23(31)34-26)17-13-18(27)15-19(28)14-17/h4-6,13-15,22-23H,2-3,7-12H2,1H3/t22-,23+/m0/s1. The van der Waals surface area contributed by atoms with E-state index in [0.717, 1.165) is 18.1 Å². The number of allylic oxidation sites excluding steroid dienone is 1. The lowest BCUT2D eigenvalue weighted by molar-refractivity contribution is -0.142. The Morgan fingerprint density at radius 2 is 1.82 bits per heavy atom. The fourth-order valence-corrected chi connectivity index (χ4v) is 5.30. The molecule has 8 heteroatoms. The number of amides is 2. The van der Waals surface area contributed by atoms with Crippen molar-refractivity contribution in [2.75, 3.05) is 13.1 Å². The highest BCUT2D eigenvalue weighted by molar-refractivity contribution is 5.93. The highest BCUT2D eigenvalue weighted by atomic mass is 19.1. The van der Waals surface area contributed by atoms with Gasteiger partial charge in [0, 0.05) is 32.0 Å². The van der Waals surface area contributed by atoms with E-state index in [1.54, 1.807) is 21.9 Å². The van der Waals surface area contributed by atoms with Crippen LogP contribution >= 0.6 is 0 Å². The number of fused-ring (bicyclic) bond motifs is 1. The molecular weight excluding hydrogens is 440 g/mol. The maximum atomic E-state index is 13.8. The van der Waals surface area contributed by atoms with Gasteiger partial charge in [0.15, 0.2) is 5.60 Å². The van der Waals surface area contributed by atoms with Crippen LogP contribution in [0.25, 0.3) is 5.57 Å². The van der Waals surface area contributed by atoms with Gasteiger partial charge in [0.05, 0.1) is 11.7 Å². The number of carbonyl (C=O) groups is 2. The molecule has 0 radical (unpaired) electrons. The van der Waals surface area contributed by atoms with Crippen LogP contribution in [-0.2, 0) is 9.53 Å². The molecule has 3 aliphatic rings. The zero-order valence-electron chi connectivity index (χ0n) is 19.1. The number of hydrogen-bond donors (Lipinski definition) is 0. The molecule has 0 bridgehead atoms. The summed E-state index contributed by atoms with van der Waals surface area (Å²) >= 11 is 0. The molecular formula is C26H27F2N3O3. The quantitative estimate of drug-likeness (QED) is 0.665. The van der Waals surface area contributed by atoms with Crippen molar-refractivity contribution < 1.29 is 23.1 Å². The first-order chi connectivity index (χ1) is 16.3. The highest BCUT2D eigenvalue weighted by Crippen LogP contribution is 2.47. The van der Waals surface area contributed by atoms with Crippen molar-refractivity contribution in [3.8, 4) is 0 Å². The monoisotopic (exact) mass is 467 g/mol. The molecule has 0 saturated carbocycles. The summed E-state index contributed by atoms with van der Waals surface area (Å²) in [7, 11) is 0. The summed E-state index contributed by atoms with van der Waals surface area (Å²) in [4.78, 5) is 34.4. The molecule has 2 amide bonds. The highest BCUT2D eigenvalue weighted by Gasteiger charge is 2.58. The van der Waals surface area contributed by atoms with Crippen molar-refractivity contribution in [1.82, 2.24) is 14.8 Å². The maximum Gasteiger partial charge on any atom is 0.272 e. The van der Waals surface area contributed by atoms with E-state index in [4.69, 9.17) is 4.74 Å². The molecule has 4 heterocycles. The number of aromatic nitrogens is 1. The third-order valence-electron chi connectivity index (χ3n) is 7.20. The molecule has 3 aliphatic heterocycles. The van der Waals surface area contributed by atoms with Gasteiger partial charge >= 0.3 is 0 Å². The predicted molar refractivity (Wildman–Crippen MR) is 121 cm³/mol. The number of carbonyl (C=O) groups excluding carboxylic acids is 2. The van der Waals surface area contributed by atoms with Crippen molar-refractivity contribution in [1.29, 1.82) is 0 Å². The molecule has 1 aromatic heterocycles. The Labute approximate surface area is 197 Å². The number of benzene rings is 1. The van der Waals surface area contributed by atoms with E-state index in [-0.39, 0.29) is 11.8 Å². The average molecular weight is 468 g/mol. The van der Waals surface area contributed by atoms with Gasteiger partial charge in [-0.25, -0.2) is 13.8 Å². The van der Waals surface area contributed by atoms with Crippen LogP contribution in [0.4, 0.5) is 8.78 Å². The minimum Gasteiger partial charge on any atom is -0.342 e. The second-order valence-electron chi connectivity index (χ2n) is 9.23. The number of piperidine rings is 1. The van der Waals surface area contributed by atoms with E-state index in [9.17, 15) is 18.4 Å². The van der Waals surface area contributed by atoms with E-state index in [1.807, 2.05) is 13.0 Å². The van der Waals surface area contributed by atoms with Gasteiger partial charge < -0.3 is 14.5 Å². The number of likely N-dealkylation sites (tertiary alicyclic amines) is 1. The van der Waals surface area contributed by atoms with Crippen LogP contribution < -0.4 is 0 Å². The lowest BCUT2D eigenvalue weighted by Crippen LogP contribution is -2.51. The Morgan fingerprint density at radius 3 is 2.50 bits per heavy atom. The molecule has 3 fully saturated rings. The molecule has 178 valence electrons. The smallest absolute Gasteiger partial charge is 0.272 e. The van der Waals surface area contributed by atoms with Gasteiger partial charge in [-0.1, -0.05) is 19.6 Å². The number of ether oxygens (including phenoxy) is 1. The Hall–Kier alpha value is -3.13. The van der Waals surface area contributed by atoms with Gasteiger partial charge in [-0.15, -0.1) is 0 Å². The summed E-state index contributed by atoms with van der Waals surface area (Å²) in [5.41, 5.74) is 1.37. The summed E-state index contributed by atoms with van der Waals surface area (Å²) in [5.74, 6) is -1.66. The van der Waals surface area contributed by atoms with Crippen molar-refractivity contribution >= 4 is 17.4 Å². The lowest BCUT2D eigenvalue weighted by atomic mass is 9.89.